The lowest BCUT2D eigenvalue weighted by atomic mass is 10.0. The third kappa shape index (κ3) is 3.19. The largest absolute Gasteiger partial charge is 0.336 e. The number of rotatable bonds is 4. The van der Waals surface area contributed by atoms with E-state index in [9.17, 15) is 4.79 Å². The minimum absolute atomic E-state index is 0.110. The number of amides is 1. The molecule has 3 rings (SSSR count). The van der Waals surface area contributed by atoms with Crippen molar-refractivity contribution in [2.24, 2.45) is 0 Å². The van der Waals surface area contributed by atoms with Crippen LogP contribution in [0, 0.1) is 6.92 Å². The lowest BCUT2D eigenvalue weighted by Gasteiger charge is -2.37. The minimum atomic E-state index is 0.110. The highest BCUT2D eigenvalue weighted by Crippen LogP contribution is 2.25. The molecule has 122 valence electrons. The predicted molar refractivity (Wildman–Crippen MR) is 86.6 cm³/mol. The molecule has 0 N–H and O–H groups in total. The van der Waals surface area contributed by atoms with Crippen LogP contribution in [0.4, 0.5) is 0 Å². The van der Waals surface area contributed by atoms with Crippen LogP contribution in [0.1, 0.15) is 44.6 Å². The first-order valence-corrected chi connectivity index (χ1v) is 8.72. The first-order chi connectivity index (χ1) is 10.7. The van der Waals surface area contributed by atoms with Gasteiger partial charge in [0.1, 0.15) is 0 Å². The molecule has 2 atom stereocenters. The van der Waals surface area contributed by atoms with Crippen molar-refractivity contribution >= 4 is 5.91 Å². The molecule has 2 fully saturated rings. The Kier molecular flexibility index (Phi) is 4.81. The van der Waals surface area contributed by atoms with Gasteiger partial charge in [-0.05, 0) is 51.3 Å². The molecule has 1 aromatic heterocycles. The zero-order chi connectivity index (χ0) is 15.5. The van der Waals surface area contributed by atoms with Gasteiger partial charge in [0.25, 0.3) is 0 Å². The standard InChI is InChI=1S/C17H28N4O/c1-3-19-9-5-4-8-16(19)17(22)21-10-6-7-15(21)13-20-12-14(2)11-18-20/h11-12,15-16H,3-10,13H2,1-2H3/t15-,16-/m1/s1. The summed E-state index contributed by atoms with van der Waals surface area (Å²) in [5, 5.41) is 4.38. The van der Waals surface area contributed by atoms with Gasteiger partial charge in [0.05, 0.1) is 24.8 Å². The van der Waals surface area contributed by atoms with Crippen LogP contribution in [0.25, 0.3) is 0 Å². The number of aromatic nitrogens is 2. The van der Waals surface area contributed by atoms with Gasteiger partial charge in [0.2, 0.25) is 5.91 Å². The van der Waals surface area contributed by atoms with Gasteiger partial charge < -0.3 is 4.90 Å². The summed E-state index contributed by atoms with van der Waals surface area (Å²) in [6.45, 7) is 8.02. The lowest BCUT2D eigenvalue weighted by molar-refractivity contribution is -0.139. The Hall–Kier alpha value is -1.36. The molecule has 1 aromatic rings. The maximum atomic E-state index is 13.0. The second-order valence-electron chi connectivity index (χ2n) is 6.71. The molecule has 22 heavy (non-hydrogen) atoms. The Balaban J connectivity index is 1.67. The molecule has 2 aliphatic heterocycles. The number of carbonyl (C=O) groups excluding carboxylic acids is 1. The maximum absolute atomic E-state index is 13.0. The van der Waals surface area contributed by atoms with E-state index in [-0.39, 0.29) is 6.04 Å². The van der Waals surface area contributed by atoms with E-state index >= 15 is 0 Å². The average molecular weight is 304 g/mol. The average Bonchev–Trinajstić information content (AvgIpc) is 3.16. The molecule has 0 aromatic carbocycles. The highest BCUT2D eigenvalue weighted by molar-refractivity contribution is 5.82. The van der Waals surface area contributed by atoms with Gasteiger partial charge in [0.15, 0.2) is 0 Å². The highest BCUT2D eigenvalue weighted by Gasteiger charge is 2.36. The third-order valence-electron chi connectivity index (χ3n) is 5.13. The second kappa shape index (κ2) is 6.82. The van der Waals surface area contributed by atoms with E-state index in [0.717, 1.165) is 45.4 Å². The van der Waals surface area contributed by atoms with Gasteiger partial charge >= 0.3 is 0 Å². The number of hydrogen-bond acceptors (Lipinski definition) is 3. The summed E-state index contributed by atoms with van der Waals surface area (Å²) in [7, 11) is 0. The summed E-state index contributed by atoms with van der Waals surface area (Å²) >= 11 is 0. The van der Waals surface area contributed by atoms with Crippen LogP contribution in [0.15, 0.2) is 12.4 Å². The van der Waals surface area contributed by atoms with Crippen LogP contribution in [0.3, 0.4) is 0 Å². The molecule has 0 unspecified atom stereocenters. The van der Waals surface area contributed by atoms with Crippen LogP contribution in [0.5, 0.6) is 0 Å². The molecule has 0 spiro atoms. The van der Waals surface area contributed by atoms with Gasteiger partial charge in [-0.15, -0.1) is 0 Å². The van der Waals surface area contributed by atoms with Crippen molar-refractivity contribution in [2.45, 2.75) is 64.6 Å². The van der Waals surface area contributed by atoms with Crippen LogP contribution in [-0.4, -0.2) is 57.2 Å². The number of piperidine rings is 1. The van der Waals surface area contributed by atoms with Crippen molar-refractivity contribution in [3.8, 4) is 0 Å². The van der Waals surface area contributed by atoms with Crippen molar-refractivity contribution in [2.75, 3.05) is 19.6 Å². The summed E-state index contributed by atoms with van der Waals surface area (Å²) in [6.07, 6.45) is 9.62. The van der Waals surface area contributed by atoms with Gasteiger partial charge in [-0.2, -0.15) is 5.10 Å². The molecule has 5 heteroatoms. The normalized spacial score (nSPS) is 26.5. The molecule has 0 saturated carbocycles. The van der Waals surface area contributed by atoms with Gasteiger partial charge in [-0.1, -0.05) is 13.3 Å². The van der Waals surface area contributed by atoms with Crippen molar-refractivity contribution < 1.29 is 4.79 Å². The highest BCUT2D eigenvalue weighted by atomic mass is 16.2. The molecule has 0 aliphatic carbocycles. The van der Waals surface area contributed by atoms with E-state index in [4.69, 9.17) is 0 Å². The maximum Gasteiger partial charge on any atom is 0.240 e. The number of aryl methyl sites for hydroxylation is 1. The fraction of sp³-hybridized carbons (Fsp3) is 0.765. The van der Waals surface area contributed by atoms with Crippen LogP contribution >= 0.6 is 0 Å². The van der Waals surface area contributed by atoms with Crippen molar-refractivity contribution in [1.82, 2.24) is 19.6 Å². The van der Waals surface area contributed by atoms with Crippen LogP contribution in [-0.2, 0) is 11.3 Å². The quantitative estimate of drug-likeness (QED) is 0.855. The Labute approximate surface area is 133 Å². The summed E-state index contributed by atoms with van der Waals surface area (Å²) in [5.41, 5.74) is 1.18. The van der Waals surface area contributed by atoms with E-state index < -0.39 is 0 Å². The first-order valence-electron chi connectivity index (χ1n) is 8.72. The SMILES string of the molecule is CCN1CCCC[C@@H]1C(=O)N1CCC[C@@H]1Cn1cc(C)cn1. The monoisotopic (exact) mass is 304 g/mol. The summed E-state index contributed by atoms with van der Waals surface area (Å²) < 4.78 is 1.99. The van der Waals surface area contributed by atoms with Crippen molar-refractivity contribution in [1.29, 1.82) is 0 Å². The summed E-state index contributed by atoms with van der Waals surface area (Å²) in [5.74, 6) is 0.355. The minimum Gasteiger partial charge on any atom is -0.336 e. The van der Waals surface area contributed by atoms with Crippen LogP contribution < -0.4 is 0 Å². The Bertz CT molecular complexity index is 513. The van der Waals surface area contributed by atoms with Gasteiger partial charge in [-0.25, -0.2) is 0 Å². The van der Waals surface area contributed by atoms with Crippen molar-refractivity contribution in [3.05, 3.63) is 18.0 Å². The number of likely N-dealkylation sites (tertiary alicyclic amines) is 2. The molecular weight excluding hydrogens is 276 g/mol. The van der Waals surface area contributed by atoms with E-state index in [2.05, 4.69) is 34.9 Å². The Morgan fingerprint density at radius 1 is 1.27 bits per heavy atom. The van der Waals surface area contributed by atoms with E-state index in [1.54, 1.807) is 0 Å². The fourth-order valence-electron chi connectivity index (χ4n) is 3.94. The molecule has 2 aliphatic rings. The van der Waals surface area contributed by atoms with E-state index in [0.29, 0.717) is 11.9 Å². The molecular formula is C17H28N4O. The molecule has 5 nitrogen and oxygen atoms in total. The summed E-state index contributed by atoms with van der Waals surface area (Å²) in [6, 6.07) is 0.422. The predicted octanol–water partition coefficient (Wildman–Crippen LogP) is 2.06. The third-order valence-corrected chi connectivity index (χ3v) is 5.13. The molecule has 0 radical (unpaired) electrons. The fourth-order valence-corrected chi connectivity index (χ4v) is 3.94. The van der Waals surface area contributed by atoms with Gasteiger partial charge in [-0.3, -0.25) is 14.4 Å². The second-order valence-corrected chi connectivity index (χ2v) is 6.71. The van der Waals surface area contributed by atoms with E-state index in [1.807, 2.05) is 10.9 Å². The Morgan fingerprint density at radius 2 is 2.14 bits per heavy atom. The summed E-state index contributed by atoms with van der Waals surface area (Å²) in [4.78, 5) is 17.5. The van der Waals surface area contributed by atoms with Crippen molar-refractivity contribution in [3.63, 3.8) is 0 Å². The lowest BCUT2D eigenvalue weighted by Crippen LogP contribution is -2.52. The molecule has 2 saturated heterocycles. The van der Waals surface area contributed by atoms with Gasteiger partial charge in [0, 0.05) is 12.7 Å². The number of likely N-dealkylation sites (N-methyl/N-ethyl adjacent to an activating group) is 1. The van der Waals surface area contributed by atoms with Crippen LogP contribution in [0.2, 0.25) is 0 Å². The molecule has 0 bridgehead atoms. The molecule has 3 heterocycles. The zero-order valence-corrected chi connectivity index (χ0v) is 13.9. The molecule has 1 amide bonds. The topological polar surface area (TPSA) is 41.4 Å². The van der Waals surface area contributed by atoms with E-state index in [1.165, 1.54) is 18.4 Å². The number of hydrogen-bond donors (Lipinski definition) is 0. The number of nitrogens with zero attached hydrogens (tertiary/aromatic N) is 4. The first kappa shape index (κ1) is 15.5. The Morgan fingerprint density at radius 3 is 2.86 bits per heavy atom. The number of carbonyl (C=O) groups is 1. The smallest absolute Gasteiger partial charge is 0.240 e. The zero-order valence-electron chi connectivity index (χ0n) is 13.9.